The van der Waals surface area contributed by atoms with Crippen molar-refractivity contribution in [3.05, 3.63) is 23.4 Å². The first-order valence-electron chi connectivity index (χ1n) is 5.59. The Bertz CT molecular complexity index is 393. The van der Waals surface area contributed by atoms with Gasteiger partial charge < -0.3 is 15.2 Å². The summed E-state index contributed by atoms with van der Waals surface area (Å²) in [7, 11) is 0. The van der Waals surface area contributed by atoms with Gasteiger partial charge in [-0.25, -0.2) is 9.78 Å². The predicted octanol–water partition coefficient (Wildman–Crippen LogP) is 1.93. The highest BCUT2D eigenvalue weighted by Crippen LogP contribution is 2.17. The van der Waals surface area contributed by atoms with Crippen LogP contribution in [0.15, 0.2) is 12.3 Å². The number of hydrogen-bond donors (Lipinski definition) is 2. The molecular weight excluding hydrogens is 220 g/mol. The van der Waals surface area contributed by atoms with E-state index in [2.05, 4.69) is 10.3 Å². The number of nitrogens with zero attached hydrogens (tertiary/aromatic N) is 1. The lowest BCUT2D eigenvalue weighted by molar-refractivity contribution is 0.0696. The molecule has 0 saturated carbocycles. The van der Waals surface area contributed by atoms with Crippen LogP contribution in [0.2, 0.25) is 0 Å². The highest BCUT2D eigenvalue weighted by Gasteiger charge is 2.15. The number of pyridine rings is 1. The molecule has 1 unspecified atom stereocenters. The molecule has 0 aromatic carbocycles. The van der Waals surface area contributed by atoms with E-state index < -0.39 is 5.97 Å². The smallest absolute Gasteiger partial charge is 0.339 e. The Morgan fingerprint density at radius 3 is 2.94 bits per heavy atom. The molecule has 0 aliphatic heterocycles. The fourth-order valence-corrected chi connectivity index (χ4v) is 1.51. The molecule has 0 fully saturated rings. The molecule has 0 radical (unpaired) electrons. The minimum atomic E-state index is -0.971. The third kappa shape index (κ3) is 3.71. The third-order valence-corrected chi connectivity index (χ3v) is 2.33. The summed E-state index contributed by atoms with van der Waals surface area (Å²) in [5.41, 5.74) is 0.912. The third-order valence-electron chi connectivity index (χ3n) is 2.33. The SMILES string of the molecule is CCOCC(C)Nc1nccc(C)c1C(=O)O. The summed E-state index contributed by atoms with van der Waals surface area (Å²) in [5.74, 6) is -0.577. The van der Waals surface area contributed by atoms with Crippen molar-refractivity contribution >= 4 is 11.8 Å². The van der Waals surface area contributed by atoms with E-state index >= 15 is 0 Å². The van der Waals surface area contributed by atoms with Crippen molar-refractivity contribution in [3.8, 4) is 0 Å². The number of carboxylic acid groups (broad SMARTS) is 1. The van der Waals surface area contributed by atoms with Crippen molar-refractivity contribution in [2.24, 2.45) is 0 Å². The Labute approximate surface area is 101 Å². The molecule has 0 bridgehead atoms. The number of aromatic nitrogens is 1. The molecule has 1 rings (SSSR count). The average molecular weight is 238 g/mol. The van der Waals surface area contributed by atoms with E-state index in [-0.39, 0.29) is 11.6 Å². The van der Waals surface area contributed by atoms with Gasteiger partial charge in [-0.05, 0) is 32.4 Å². The molecule has 0 spiro atoms. The van der Waals surface area contributed by atoms with Crippen molar-refractivity contribution in [2.75, 3.05) is 18.5 Å². The molecule has 5 heteroatoms. The second kappa shape index (κ2) is 6.20. The molecular formula is C12H18N2O3. The van der Waals surface area contributed by atoms with Gasteiger partial charge in [-0.2, -0.15) is 0 Å². The van der Waals surface area contributed by atoms with Crippen LogP contribution in [-0.4, -0.2) is 35.3 Å². The molecule has 0 amide bonds. The fraction of sp³-hybridized carbons (Fsp3) is 0.500. The fourth-order valence-electron chi connectivity index (χ4n) is 1.51. The summed E-state index contributed by atoms with van der Waals surface area (Å²) in [6.45, 7) is 6.75. The van der Waals surface area contributed by atoms with Crippen molar-refractivity contribution in [1.82, 2.24) is 4.98 Å². The van der Waals surface area contributed by atoms with Gasteiger partial charge >= 0.3 is 5.97 Å². The van der Waals surface area contributed by atoms with Gasteiger partial charge in [-0.3, -0.25) is 0 Å². The second-order valence-electron chi connectivity index (χ2n) is 3.86. The van der Waals surface area contributed by atoms with Crippen LogP contribution in [0.3, 0.4) is 0 Å². The number of aryl methyl sites for hydroxylation is 1. The first-order chi connectivity index (χ1) is 8.06. The van der Waals surface area contributed by atoms with Gasteiger partial charge in [-0.15, -0.1) is 0 Å². The van der Waals surface area contributed by atoms with Crippen molar-refractivity contribution in [3.63, 3.8) is 0 Å². The number of hydrogen-bond acceptors (Lipinski definition) is 4. The normalized spacial score (nSPS) is 12.2. The van der Waals surface area contributed by atoms with Crippen LogP contribution in [0.1, 0.15) is 29.8 Å². The van der Waals surface area contributed by atoms with E-state index in [9.17, 15) is 4.79 Å². The number of aromatic carboxylic acids is 1. The Balaban J connectivity index is 2.83. The summed E-state index contributed by atoms with van der Waals surface area (Å²) in [5, 5.41) is 12.2. The Morgan fingerprint density at radius 2 is 2.35 bits per heavy atom. The van der Waals surface area contributed by atoms with E-state index in [0.29, 0.717) is 24.6 Å². The Morgan fingerprint density at radius 1 is 1.65 bits per heavy atom. The number of rotatable bonds is 6. The lowest BCUT2D eigenvalue weighted by atomic mass is 10.1. The summed E-state index contributed by atoms with van der Waals surface area (Å²) in [4.78, 5) is 15.2. The maximum absolute atomic E-state index is 11.1. The molecule has 2 N–H and O–H groups in total. The predicted molar refractivity (Wildman–Crippen MR) is 65.5 cm³/mol. The minimum absolute atomic E-state index is 0.0161. The Hall–Kier alpha value is -1.62. The number of carboxylic acids is 1. The number of nitrogens with one attached hydrogen (secondary N) is 1. The number of carbonyl (C=O) groups is 1. The first-order valence-corrected chi connectivity index (χ1v) is 5.59. The highest BCUT2D eigenvalue weighted by molar-refractivity contribution is 5.94. The maximum atomic E-state index is 11.1. The van der Waals surface area contributed by atoms with Gasteiger partial charge in [0.15, 0.2) is 0 Å². The molecule has 0 saturated heterocycles. The molecule has 1 atom stereocenters. The monoisotopic (exact) mass is 238 g/mol. The largest absolute Gasteiger partial charge is 0.478 e. The van der Waals surface area contributed by atoms with Gasteiger partial charge in [0.1, 0.15) is 11.4 Å². The summed E-state index contributed by atoms with van der Waals surface area (Å²) >= 11 is 0. The molecule has 5 nitrogen and oxygen atoms in total. The van der Waals surface area contributed by atoms with Crippen LogP contribution in [0.5, 0.6) is 0 Å². The lowest BCUT2D eigenvalue weighted by Crippen LogP contribution is -2.24. The van der Waals surface area contributed by atoms with Crippen LogP contribution in [0.25, 0.3) is 0 Å². The van der Waals surface area contributed by atoms with Crippen LogP contribution in [0.4, 0.5) is 5.82 Å². The van der Waals surface area contributed by atoms with Gasteiger partial charge in [0.2, 0.25) is 0 Å². The molecule has 0 aliphatic carbocycles. The molecule has 17 heavy (non-hydrogen) atoms. The van der Waals surface area contributed by atoms with E-state index in [0.717, 1.165) is 0 Å². The van der Waals surface area contributed by atoms with Crippen molar-refractivity contribution in [1.29, 1.82) is 0 Å². The average Bonchev–Trinajstić information content (AvgIpc) is 2.25. The molecule has 94 valence electrons. The zero-order valence-electron chi connectivity index (χ0n) is 10.4. The zero-order chi connectivity index (χ0) is 12.8. The van der Waals surface area contributed by atoms with Gasteiger partial charge in [0.25, 0.3) is 0 Å². The molecule has 0 aliphatic rings. The van der Waals surface area contributed by atoms with E-state index in [1.807, 2.05) is 13.8 Å². The molecule has 1 aromatic rings. The molecule has 1 aromatic heterocycles. The van der Waals surface area contributed by atoms with E-state index in [1.165, 1.54) is 0 Å². The van der Waals surface area contributed by atoms with Crippen molar-refractivity contribution < 1.29 is 14.6 Å². The lowest BCUT2D eigenvalue weighted by Gasteiger charge is -2.16. The maximum Gasteiger partial charge on any atom is 0.339 e. The van der Waals surface area contributed by atoms with Gasteiger partial charge in [0, 0.05) is 18.8 Å². The standard InChI is InChI=1S/C12H18N2O3/c1-4-17-7-9(3)14-11-10(12(15)16)8(2)5-6-13-11/h5-6,9H,4,7H2,1-3H3,(H,13,14)(H,15,16). The highest BCUT2D eigenvalue weighted by atomic mass is 16.5. The number of anilines is 1. The number of ether oxygens (including phenoxy) is 1. The van der Waals surface area contributed by atoms with Crippen molar-refractivity contribution in [2.45, 2.75) is 26.8 Å². The van der Waals surface area contributed by atoms with Gasteiger partial charge in [0.05, 0.1) is 6.61 Å². The topological polar surface area (TPSA) is 71.5 Å². The van der Waals surface area contributed by atoms with Crippen LogP contribution in [-0.2, 0) is 4.74 Å². The minimum Gasteiger partial charge on any atom is -0.478 e. The summed E-state index contributed by atoms with van der Waals surface area (Å²) in [6, 6.07) is 1.70. The summed E-state index contributed by atoms with van der Waals surface area (Å²) < 4.78 is 5.26. The van der Waals surface area contributed by atoms with E-state index in [4.69, 9.17) is 9.84 Å². The van der Waals surface area contributed by atoms with E-state index in [1.54, 1.807) is 19.2 Å². The molecule has 1 heterocycles. The first kappa shape index (κ1) is 13.4. The van der Waals surface area contributed by atoms with Crippen LogP contribution in [0, 0.1) is 6.92 Å². The zero-order valence-corrected chi connectivity index (χ0v) is 10.4. The quantitative estimate of drug-likeness (QED) is 0.792. The summed E-state index contributed by atoms with van der Waals surface area (Å²) in [6.07, 6.45) is 1.59. The van der Waals surface area contributed by atoms with Gasteiger partial charge in [-0.1, -0.05) is 0 Å². The van der Waals surface area contributed by atoms with Crippen LogP contribution < -0.4 is 5.32 Å². The second-order valence-corrected chi connectivity index (χ2v) is 3.86. The van der Waals surface area contributed by atoms with Crippen LogP contribution >= 0.6 is 0 Å². The Kier molecular flexibility index (Phi) is 4.90.